The second-order valence-corrected chi connectivity index (χ2v) is 7.96. The normalized spacial score (nSPS) is 17.0. The number of para-hydroxylation sites is 1. The lowest BCUT2D eigenvalue weighted by Gasteiger charge is -2.23. The number of primary amides is 1. The number of amides is 2. The van der Waals surface area contributed by atoms with Crippen LogP contribution in [0.1, 0.15) is 28.9 Å². The Balaban J connectivity index is 1.58. The fourth-order valence-electron chi connectivity index (χ4n) is 3.81. The number of aromatic nitrogens is 1. The van der Waals surface area contributed by atoms with Crippen LogP contribution in [0.25, 0.3) is 10.9 Å². The van der Waals surface area contributed by atoms with E-state index in [9.17, 15) is 9.59 Å². The number of nitrogens with zero attached hydrogens (tertiary/aromatic N) is 1. The van der Waals surface area contributed by atoms with Crippen LogP contribution < -0.4 is 11.1 Å². The van der Waals surface area contributed by atoms with Gasteiger partial charge in [0.25, 0.3) is 5.91 Å². The van der Waals surface area contributed by atoms with Gasteiger partial charge >= 0.3 is 0 Å². The Morgan fingerprint density at radius 3 is 2.79 bits per heavy atom. The molecule has 8 heteroatoms. The SMILES string of the molecule is NC(=O)C1CCCN1Cc1ccccc1NC(=O)c1[nH]c2ccc(Cl)cc2c1Cl. The minimum Gasteiger partial charge on any atom is -0.368 e. The molecule has 1 aromatic heterocycles. The van der Waals surface area contributed by atoms with E-state index >= 15 is 0 Å². The molecule has 4 N–H and O–H groups in total. The first-order chi connectivity index (χ1) is 13.9. The van der Waals surface area contributed by atoms with Gasteiger partial charge in [0.1, 0.15) is 5.69 Å². The molecule has 2 amide bonds. The smallest absolute Gasteiger partial charge is 0.273 e. The monoisotopic (exact) mass is 430 g/mol. The van der Waals surface area contributed by atoms with Gasteiger partial charge in [-0.05, 0) is 49.2 Å². The van der Waals surface area contributed by atoms with E-state index in [0.29, 0.717) is 27.7 Å². The highest BCUT2D eigenvalue weighted by Gasteiger charge is 2.29. The van der Waals surface area contributed by atoms with Crippen molar-refractivity contribution >= 4 is 51.6 Å². The summed E-state index contributed by atoms with van der Waals surface area (Å²) in [4.78, 5) is 29.7. The summed E-state index contributed by atoms with van der Waals surface area (Å²) in [6.07, 6.45) is 1.69. The third-order valence-corrected chi connectivity index (χ3v) is 5.88. The van der Waals surface area contributed by atoms with E-state index in [1.165, 1.54) is 0 Å². The molecule has 1 fully saturated rings. The number of hydrogen-bond acceptors (Lipinski definition) is 3. The molecule has 1 aliphatic rings. The Kier molecular flexibility index (Phi) is 5.50. The number of nitrogens with one attached hydrogen (secondary N) is 2. The Morgan fingerprint density at radius 1 is 1.21 bits per heavy atom. The lowest BCUT2D eigenvalue weighted by atomic mass is 10.1. The first-order valence-corrected chi connectivity index (χ1v) is 10.1. The number of anilines is 1. The number of rotatable bonds is 5. The van der Waals surface area contributed by atoms with Crippen molar-refractivity contribution in [1.29, 1.82) is 0 Å². The molecule has 2 heterocycles. The number of hydrogen-bond donors (Lipinski definition) is 3. The zero-order valence-electron chi connectivity index (χ0n) is 15.5. The van der Waals surface area contributed by atoms with Crippen LogP contribution in [0.4, 0.5) is 5.69 Å². The van der Waals surface area contributed by atoms with E-state index in [1.54, 1.807) is 18.2 Å². The predicted octanol–water partition coefficient (Wildman–Crippen LogP) is 4.18. The summed E-state index contributed by atoms with van der Waals surface area (Å²) < 4.78 is 0. The summed E-state index contributed by atoms with van der Waals surface area (Å²) in [5.74, 6) is -0.657. The van der Waals surface area contributed by atoms with Crippen molar-refractivity contribution < 1.29 is 9.59 Å². The fourth-order valence-corrected chi connectivity index (χ4v) is 4.27. The number of fused-ring (bicyclic) bond motifs is 1. The summed E-state index contributed by atoms with van der Waals surface area (Å²) in [6, 6.07) is 12.5. The molecule has 2 aromatic carbocycles. The minimum atomic E-state index is -0.345. The van der Waals surface area contributed by atoms with E-state index in [2.05, 4.69) is 10.3 Å². The van der Waals surface area contributed by atoms with Gasteiger partial charge in [-0.3, -0.25) is 14.5 Å². The molecule has 0 aliphatic carbocycles. The summed E-state index contributed by atoms with van der Waals surface area (Å²) in [5, 5.41) is 4.50. The van der Waals surface area contributed by atoms with E-state index in [0.717, 1.165) is 30.5 Å². The van der Waals surface area contributed by atoms with Gasteiger partial charge in [0.05, 0.1) is 11.1 Å². The topological polar surface area (TPSA) is 91.2 Å². The molecular weight excluding hydrogens is 411 g/mol. The second-order valence-electron chi connectivity index (χ2n) is 7.15. The maximum atomic E-state index is 12.9. The van der Waals surface area contributed by atoms with Gasteiger partial charge in [0, 0.05) is 28.2 Å². The zero-order chi connectivity index (χ0) is 20.5. The first kappa shape index (κ1) is 19.8. The zero-order valence-corrected chi connectivity index (χ0v) is 17.1. The molecule has 0 saturated carbocycles. The summed E-state index contributed by atoms with van der Waals surface area (Å²) in [5.41, 5.74) is 8.10. The third kappa shape index (κ3) is 3.96. The number of aromatic amines is 1. The standard InChI is InChI=1S/C21H20Cl2N4O2/c22-13-7-8-16-14(10-13)18(23)19(25-16)21(29)26-15-5-2-1-4-12(15)11-27-9-3-6-17(27)20(24)28/h1-2,4-5,7-8,10,17,25H,3,6,9,11H2,(H2,24,28)(H,26,29). The van der Waals surface area contributed by atoms with Crippen LogP contribution in [0.3, 0.4) is 0 Å². The van der Waals surface area contributed by atoms with E-state index in [-0.39, 0.29) is 23.6 Å². The van der Waals surface area contributed by atoms with E-state index in [4.69, 9.17) is 28.9 Å². The molecule has 1 saturated heterocycles. The van der Waals surface area contributed by atoms with Crippen molar-refractivity contribution in [2.24, 2.45) is 5.73 Å². The van der Waals surface area contributed by atoms with Gasteiger partial charge < -0.3 is 16.0 Å². The summed E-state index contributed by atoms with van der Waals surface area (Å²) in [7, 11) is 0. The maximum Gasteiger partial charge on any atom is 0.273 e. The van der Waals surface area contributed by atoms with Gasteiger partial charge in [0.15, 0.2) is 0 Å². The molecule has 1 aliphatic heterocycles. The molecule has 150 valence electrons. The number of carbonyl (C=O) groups is 2. The highest BCUT2D eigenvalue weighted by atomic mass is 35.5. The average molecular weight is 431 g/mol. The van der Waals surface area contributed by atoms with Crippen molar-refractivity contribution in [1.82, 2.24) is 9.88 Å². The first-order valence-electron chi connectivity index (χ1n) is 9.33. The molecule has 0 bridgehead atoms. The Bertz CT molecular complexity index is 1100. The number of likely N-dealkylation sites (tertiary alicyclic amines) is 1. The minimum absolute atomic E-state index is 0.272. The lowest BCUT2D eigenvalue weighted by molar-refractivity contribution is -0.122. The number of nitrogens with two attached hydrogens (primary N) is 1. The molecule has 1 atom stereocenters. The molecule has 0 spiro atoms. The Labute approximate surface area is 178 Å². The predicted molar refractivity (Wildman–Crippen MR) is 115 cm³/mol. The van der Waals surface area contributed by atoms with Gasteiger partial charge in [0.2, 0.25) is 5.91 Å². The maximum absolute atomic E-state index is 12.9. The average Bonchev–Trinajstić information content (AvgIpc) is 3.28. The Hall–Kier alpha value is -2.54. The van der Waals surface area contributed by atoms with Crippen molar-refractivity contribution in [3.05, 3.63) is 63.8 Å². The quantitative estimate of drug-likeness (QED) is 0.566. The van der Waals surface area contributed by atoms with Crippen LogP contribution >= 0.6 is 23.2 Å². The van der Waals surface area contributed by atoms with Crippen molar-refractivity contribution in [2.45, 2.75) is 25.4 Å². The molecular formula is C21H20Cl2N4O2. The van der Waals surface area contributed by atoms with Crippen molar-refractivity contribution in [2.75, 3.05) is 11.9 Å². The van der Waals surface area contributed by atoms with Gasteiger partial charge in [-0.15, -0.1) is 0 Å². The van der Waals surface area contributed by atoms with Crippen LogP contribution in [0.2, 0.25) is 10.0 Å². The molecule has 6 nitrogen and oxygen atoms in total. The second kappa shape index (κ2) is 8.06. The highest BCUT2D eigenvalue weighted by Crippen LogP contribution is 2.31. The van der Waals surface area contributed by atoms with Crippen LogP contribution in [-0.2, 0) is 11.3 Å². The van der Waals surface area contributed by atoms with Crippen LogP contribution in [0.15, 0.2) is 42.5 Å². The van der Waals surface area contributed by atoms with E-state index < -0.39 is 0 Å². The van der Waals surface area contributed by atoms with Crippen molar-refractivity contribution in [3.8, 4) is 0 Å². The molecule has 0 radical (unpaired) electrons. The molecule has 29 heavy (non-hydrogen) atoms. The van der Waals surface area contributed by atoms with E-state index in [1.807, 2.05) is 29.2 Å². The highest BCUT2D eigenvalue weighted by molar-refractivity contribution is 6.40. The summed E-state index contributed by atoms with van der Waals surface area (Å²) in [6.45, 7) is 1.32. The number of carbonyl (C=O) groups excluding carboxylic acids is 2. The fraction of sp³-hybridized carbons (Fsp3) is 0.238. The number of H-pyrrole nitrogens is 1. The molecule has 3 aromatic rings. The lowest BCUT2D eigenvalue weighted by Crippen LogP contribution is -2.39. The number of halogens is 2. The van der Waals surface area contributed by atoms with Crippen LogP contribution in [-0.4, -0.2) is 34.3 Å². The Morgan fingerprint density at radius 2 is 2.00 bits per heavy atom. The third-order valence-electron chi connectivity index (χ3n) is 5.26. The van der Waals surface area contributed by atoms with Gasteiger partial charge in [-0.1, -0.05) is 41.4 Å². The van der Waals surface area contributed by atoms with Crippen molar-refractivity contribution in [3.63, 3.8) is 0 Å². The molecule has 1 unspecified atom stereocenters. The van der Waals surface area contributed by atoms with Gasteiger partial charge in [-0.25, -0.2) is 0 Å². The largest absolute Gasteiger partial charge is 0.368 e. The van der Waals surface area contributed by atoms with Crippen LogP contribution in [0, 0.1) is 0 Å². The summed E-state index contributed by atoms with van der Waals surface area (Å²) >= 11 is 12.4. The van der Waals surface area contributed by atoms with Gasteiger partial charge in [-0.2, -0.15) is 0 Å². The molecule has 4 rings (SSSR count). The van der Waals surface area contributed by atoms with Crippen LogP contribution in [0.5, 0.6) is 0 Å². The number of benzene rings is 2.